The number of nitrogens with one attached hydrogen (secondary N) is 2. The molecule has 106 valence electrons. The van der Waals surface area contributed by atoms with E-state index in [4.69, 9.17) is 23.2 Å². The van der Waals surface area contributed by atoms with Gasteiger partial charge >= 0.3 is 0 Å². The van der Waals surface area contributed by atoms with Crippen LogP contribution in [0.4, 0.5) is 10.1 Å². The molecule has 0 aliphatic heterocycles. The number of H-pyrrole nitrogens is 1. The van der Waals surface area contributed by atoms with E-state index in [1.165, 1.54) is 18.3 Å². The minimum Gasteiger partial charge on any atom is -0.360 e. The molecule has 0 radical (unpaired) electrons. The summed E-state index contributed by atoms with van der Waals surface area (Å²) < 4.78 is 13.1. The zero-order chi connectivity index (χ0) is 15.0. The summed E-state index contributed by atoms with van der Waals surface area (Å²) in [6.07, 6.45) is 1.53. The Bertz CT molecular complexity index is 845. The second-order valence-electron chi connectivity index (χ2n) is 4.47. The van der Waals surface area contributed by atoms with E-state index < -0.39 is 0 Å². The van der Waals surface area contributed by atoms with Crippen LogP contribution in [-0.4, -0.2) is 10.9 Å². The van der Waals surface area contributed by atoms with Crippen LogP contribution in [0.5, 0.6) is 0 Å². The molecular weight excluding hydrogens is 314 g/mol. The van der Waals surface area contributed by atoms with Crippen LogP contribution in [0.2, 0.25) is 10.0 Å². The van der Waals surface area contributed by atoms with Crippen molar-refractivity contribution in [2.75, 3.05) is 5.32 Å². The van der Waals surface area contributed by atoms with Gasteiger partial charge in [-0.05, 0) is 36.4 Å². The Balaban J connectivity index is 1.95. The number of aromatic nitrogens is 1. The summed E-state index contributed by atoms with van der Waals surface area (Å²) in [5, 5.41) is 4.18. The summed E-state index contributed by atoms with van der Waals surface area (Å²) >= 11 is 11.9. The van der Waals surface area contributed by atoms with Gasteiger partial charge in [-0.3, -0.25) is 4.79 Å². The second kappa shape index (κ2) is 5.39. The quantitative estimate of drug-likeness (QED) is 0.694. The Morgan fingerprint density at radius 3 is 2.76 bits per heavy atom. The number of rotatable bonds is 2. The highest BCUT2D eigenvalue weighted by Gasteiger charge is 2.14. The Hall–Kier alpha value is -2.04. The molecule has 2 aromatic carbocycles. The number of hydrogen-bond acceptors (Lipinski definition) is 1. The number of hydrogen-bond donors (Lipinski definition) is 2. The molecule has 6 heteroatoms. The van der Waals surface area contributed by atoms with E-state index in [-0.39, 0.29) is 11.7 Å². The van der Waals surface area contributed by atoms with Crippen molar-refractivity contribution in [1.82, 2.24) is 4.98 Å². The predicted octanol–water partition coefficient (Wildman–Crippen LogP) is 4.87. The summed E-state index contributed by atoms with van der Waals surface area (Å²) in [5.41, 5.74) is 1.38. The van der Waals surface area contributed by atoms with E-state index in [2.05, 4.69) is 10.3 Å². The topological polar surface area (TPSA) is 44.9 Å². The number of fused-ring (bicyclic) bond motifs is 1. The Kier molecular flexibility index (Phi) is 3.57. The molecule has 0 saturated heterocycles. The summed E-state index contributed by atoms with van der Waals surface area (Å²) in [5.74, 6) is -0.716. The molecule has 1 heterocycles. The van der Waals surface area contributed by atoms with Crippen LogP contribution in [0.3, 0.4) is 0 Å². The Morgan fingerprint density at radius 1 is 1.14 bits per heavy atom. The SMILES string of the molecule is O=C(Nc1cc(Cl)ccc1Cl)c1c[nH]c2cc(F)ccc12. The van der Waals surface area contributed by atoms with Crippen molar-refractivity contribution in [3.63, 3.8) is 0 Å². The fourth-order valence-corrected chi connectivity index (χ4v) is 2.41. The highest BCUT2D eigenvalue weighted by atomic mass is 35.5. The molecule has 0 unspecified atom stereocenters. The Labute approximate surface area is 129 Å². The van der Waals surface area contributed by atoms with Crippen molar-refractivity contribution < 1.29 is 9.18 Å². The van der Waals surface area contributed by atoms with Gasteiger partial charge in [-0.15, -0.1) is 0 Å². The van der Waals surface area contributed by atoms with Crippen LogP contribution in [0.25, 0.3) is 10.9 Å². The van der Waals surface area contributed by atoms with E-state index in [9.17, 15) is 9.18 Å². The molecule has 3 aromatic rings. The molecule has 0 aliphatic carbocycles. The van der Waals surface area contributed by atoms with E-state index in [0.29, 0.717) is 32.2 Å². The van der Waals surface area contributed by atoms with Crippen molar-refractivity contribution >= 4 is 45.7 Å². The van der Waals surface area contributed by atoms with E-state index in [1.54, 1.807) is 24.3 Å². The number of aromatic amines is 1. The number of anilines is 1. The van der Waals surface area contributed by atoms with Crippen LogP contribution in [0, 0.1) is 5.82 Å². The minimum atomic E-state index is -0.366. The summed E-state index contributed by atoms with van der Waals surface area (Å²) in [6, 6.07) is 8.99. The molecular formula is C15H9Cl2FN2O. The molecule has 0 spiro atoms. The van der Waals surface area contributed by atoms with Gasteiger partial charge in [0.15, 0.2) is 0 Å². The number of benzene rings is 2. The third-order valence-corrected chi connectivity index (χ3v) is 3.63. The summed E-state index contributed by atoms with van der Waals surface area (Å²) in [4.78, 5) is 15.2. The van der Waals surface area contributed by atoms with Crippen LogP contribution in [0.1, 0.15) is 10.4 Å². The summed E-state index contributed by atoms with van der Waals surface area (Å²) in [6.45, 7) is 0. The van der Waals surface area contributed by atoms with E-state index >= 15 is 0 Å². The van der Waals surface area contributed by atoms with Crippen LogP contribution in [-0.2, 0) is 0 Å². The molecule has 3 nitrogen and oxygen atoms in total. The lowest BCUT2D eigenvalue weighted by Gasteiger charge is -2.07. The van der Waals surface area contributed by atoms with Gasteiger partial charge in [0.05, 0.1) is 16.3 Å². The average molecular weight is 323 g/mol. The minimum absolute atomic E-state index is 0.350. The van der Waals surface area contributed by atoms with Gasteiger partial charge in [-0.1, -0.05) is 23.2 Å². The standard InChI is InChI=1S/C15H9Cl2FN2O/c16-8-1-4-12(17)14(5-8)20-15(21)11-7-19-13-6-9(18)2-3-10(11)13/h1-7,19H,(H,20,21). The molecule has 0 saturated carbocycles. The molecule has 0 atom stereocenters. The maximum atomic E-state index is 13.1. The van der Waals surface area contributed by atoms with Crippen LogP contribution in [0.15, 0.2) is 42.6 Å². The highest BCUT2D eigenvalue weighted by molar-refractivity contribution is 6.36. The van der Waals surface area contributed by atoms with Gasteiger partial charge in [0.2, 0.25) is 0 Å². The first-order valence-corrected chi connectivity index (χ1v) is 6.83. The van der Waals surface area contributed by atoms with Crippen LogP contribution < -0.4 is 5.32 Å². The fourth-order valence-electron chi connectivity index (χ4n) is 2.07. The monoisotopic (exact) mass is 322 g/mol. The van der Waals surface area contributed by atoms with Gasteiger partial charge in [0.1, 0.15) is 5.82 Å². The van der Waals surface area contributed by atoms with Crippen LogP contribution >= 0.6 is 23.2 Å². The zero-order valence-corrected chi connectivity index (χ0v) is 12.1. The molecule has 0 bridgehead atoms. The highest BCUT2D eigenvalue weighted by Crippen LogP contribution is 2.27. The fraction of sp³-hybridized carbons (Fsp3) is 0. The lowest BCUT2D eigenvalue weighted by atomic mass is 10.1. The van der Waals surface area contributed by atoms with E-state index in [0.717, 1.165) is 0 Å². The third kappa shape index (κ3) is 2.73. The maximum Gasteiger partial charge on any atom is 0.257 e. The van der Waals surface area contributed by atoms with Crippen molar-refractivity contribution in [1.29, 1.82) is 0 Å². The van der Waals surface area contributed by atoms with Gasteiger partial charge in [-0.25, -0.2) is 4.39 Å². The third-order valence-electron chi connectivity index (χ3n) is 3.07. The summed E-state index contributed by atoms with van der Waals surface area (Å²) in [7, 11) is 0. The molecule has 1 amide bonds. The molecule has 0 aliphatic rings. The predicted molar refractivity (Wildman–Crippen MR) is 82.7 cm³/mol. The Morgan fingerprint density at radius 2 is 1.95 bits per heavy atom. The van der Waals surface area contributed by atoms with Crippen molar-refractivity contribution in [3.8, 4) is 0 Å². The first-order valence-electron chi connectivity index (χ1n) is 6.07. The lowest BCUT2D eigenvalue weighted by Crippen LogP contribution is -2.11. The van der Waals surface area contributed by atoms with Gasteiger partial charge in [0, 0.05) is 22.1 Å². The van der Waals surface area contributed by atoms with Crippen molar-refractivity contribution in [2.24, 2.45) is 0 Å². The van der Waals surface area contributed by atoms with E-state index in [1.807, 2.05) is 0 Å². The molecule has 3 rings (SSSR count). The molecule has 1 aromatic heterocycles. The zero-order valence-electron chi connectivity index (χ0n) is 10.6. The molecule has 21 heavy (non-hydrogen) atoms. The smallest absolute Gasteiger partial charge is 0.257 e. The first kappa shape index (κ1) is 13.9. The first-order chi connectivity index (χ1) is 10.0. The molecule has 0 fully saturated rings. The van der Waals surface area contributed by atoms with Crippen molar-refractivity contribution in [2.45, 2.75) is 0 Å². The lowest BCUT2D eigenvalue weighted by molar-refractivity contribution is 0.102. The maximum absolute atomic E-state index is 13.1. The van der Waals surface area contributed by atoms with Gasteiger partial charge < -0.3 is 10.3 Å². The number of carbonyl (C=O) groups is 1. The van der Waals surface area contributed by atoms with Gasteiger partial charge in [-0.2, -0.15) is 0 Å². The second-order valence-corrected chi connectivity index (χ2v) is 5.31. The normalized spacial score (nSPS) is 10.8. The van der Waals surface area contributed by atoms with Gasteiger partial charge in [0.25, 0.3) is 5.91 Å². The number of halogens is 3. The largest absolute Gasteiger partial charge is 0.360 e. The molecule has 2 N–H and O–H groups in total. The average Bonchev–Trinajstić information content (AvgIpc) is 2.85. The number of amides is 1. The number of carbonyl (C=O) groups excluding carboxylic acids is 1. The van der Waals surface area contributed by atoms with Crippen molar-refractivity contribution in [3.05, 3.63) is 64.0 Å².